The number of rotatable bonds is 35. The fourth-order valence-electron chi connectivity index (χ4n) is 5.68. The van der Waals surface area contributed by atoms with Crippen LogP contribution in [0.4, 0.5) is 0 Å². The second-order valence-corrected chi connectivity index (χ2v) is 13.1. The molecule has 0 aliphatic rings. The minimum Gasteiger partial charge on any atom is -0.463 e. The van der Waals surface area contributed by atoms with E-state index in [4.69, 9.17) is 9.47 Å². The monoisotopic (exact) mass is 611 g/mol. The summed E-state index contributed by atoms with van der Waals surface area (Å²) in [6, 6.07) is 0. The molecule has 0 aromatic carbocycles. The van der Waals surface area contributed by atoms with Gasteiger partial charge in [0.25, 0.3) is 0 Å². The van der Waals surface area contributed by atoms with Crippen molar-refractivity contribution in [1.82, 2.24) is 0 Å². The van der Waals surface area contributed by atoms with Crippen molar-refractivity contribution in [2.75, 3.05) is 13.2 Å². The molecule has 5 nitrogen and oxygen atoms in total. The zero-order valence-corrected chi connectivity index (χ0v) is 29.0. The van der Waals surface area contributed by atoms with Gasteiger partial charge in [-0.2, -0.15) is 0 Å². The molecule has 1 N–H and O–H groups in total. The molecule has 0 fully saturated rings. The van der Waals surface area contributed by atoms with Gasteiger partial charge in [0, 0.05) is 12.8 Å². The van der Waals surface area contributed by atoms with Gasteiger partial charge >= 0.3 is 11.9 Å². The number of hydrogen-bond donors (Lipinski definition) is 1. The standard InChI is InChI=1S/C38H74O5/c1-3-5-7-9-11-13-15-16-17-18-19-20-21-23-25-27-29-31-33-38(41)43-35-36(39)34-42-37(40)32-30-28-26-24-22-14-12-10-8-6-4-2/h36,39H,3-35H2,1-2H3/t36-/m0/s1. The van der Waals surface area contributed by atoms with Crippen molar-refractivity contribution >= 4 is 11.9 Å². The first-order valence-electron chi connectivity index (χ1n) is 19.1. The average Bonchev–Trinajstić information content (AvgIpc) is 3.01. The third-order valence-corrected chi connectivity index (χ3v) is 8.59. The number of esters is 2. The summed E-state index contributed by atoms with van der Waals surface area (Å²) >= 11 is 0. The van der Waals surface area contributed by atoms with Crippen molar-refractivity contribution in [2.24, 2.45) is 0 Å². The van der Waals surface area contributed by atoms with Crippen LogP contribution in [0.1, 0.15) is 213 Å². The molecule has 0 aromatic heterocycles. The van der Waals surface area contributed by atoms with E-state index in [2.05, 4.69) is 13.8 Å². The van der Waals surface area contributed by atoms with Crippen molar-refractivity contribution in [3.8, 4) is 0 Å². The Kier molecular flexibility index (Phi) is 34.5. The van der Waals surface area contributed by atoms with Gasteiger partial charge in [0.1, 0.15) is 19.3 Å². The molecule has 0 rings (SSSR count). The third kappa shape index (κ3) is 35.3. The summed E-state index contributed by atoms with van der Waals surface area (Å²) in [4.78, 5) is 23.8. The van der Waals surface area contributed by atoms with Gasteiger partial charge in [-0.3, -0.25) is 9.59 Å². The number of ether oxygens (including phenoxy) is 2. The van der Waals surface area contributed by atoms with Crippen molar-refractivity contribution in [2.45, 2.75) is 219 Å². The van der Waals surface area contributed by atoms with Gasteiger partial charge in [-0.05, 0) is 12.8 Å². The topological polar surface area (TPSA) is 72.8 Å². The fourth-order valence-corrected chi connectivity index (χ4v) is 5.68. The van der Waals surface area contributed by atoms with Crippen LogP contribution in [0.5, 0.6) is 0 Å². The van der Waals surface area contributed by atoms with Crippen LogP contribution in [-0.2, 0) is 19.1 Å². The minimum atomic E-state index is -0.953. The highest BCUT2D eigenvalue weighted by atomic mass is 16.6. The first-order chi connectivity index (χ1) is 21.1. The van der Waals surface area contributed by atoms with E-state index in [1.807, 2.05) is 0 Å². The van der Waals surface area contributed by atoms with Crippen LogP contribution in [0, 0.1) is 0 Å². The summed E-state index contributed by atoms with van der Waals surface area (Å²) in [6.45, 7) is 4.31. The SMILES string of the molecule is CCCCCCCCCCCCCCCCCCCCC(=O)OC[C@@H](O)COC(=O)CCCCCCCCCCCCC. The molecule has 0 spiro atoms. The summed E-state index contributed by atoms with van der Waals surface area (Å²) in [5.74, 6) is -0.553. The molecule has 256 valence electrons. The Bertz CT molecular complexity index is 579. The van der Waals surface area contributed by atoms with Gasteiger partial charge in [-0.25, -0.2) is 0 Å². The maximum absolute atomic E-state index is 11.9. The Labute approximate surface area is 268 Å². The molecular formula is C38H74O5. The normalized spacial score (nSPS) is 12.0. The lowest BCUT2D eigenvalue weighted by atomic mass is 10.0. The van der Waals surface area contributed by atoms with Gasteiger partial charge in [-0.15, -0.1) is 0 Å². The maximum Gasteiger partial charge on any atom is 0.305 e. The van der Waals surface area contributed by atoms with E-state index in [0.29, 0.717) is 12.8 Å². The van der Waals surface area contributed by atoms with Gasteiger partial charge in [-0.1, -0.05) is 187 Å². The molecule has 0 aromatic rings. The highest BCUT2D eigenvalue weighted by molar-refractivity contribution is 5.69. The molecule has 0 heterocycles. The van der Waals surface area contributed by atoms with Crippen LogP contribution < -0.4 is 0 Å². The van der Waals surface area contributed by atoms with Gasteiger partial charge < -0.3 is 14.6 Å². The zero-order valence-electron chi connectivity index (χ0n) is 29.0. The first-order valence-corrected chi connectivity index (χ1v) is 19.1. The lowest BCUT2D eigenvalue weighted by Gasteiger charge is -2.12. The molecule has 43 heavy (non-hydrogen) atoms. The van der Waals surface area contributed by atoms with Crippen LogP contribution in [0.3, 0.4) is 0 Å². The number of unbranched alkanes of at least 4 members (excludes halogenated alkanes) is 27. The number of aliphatic hydroxyl groups excluding tert-OH is 1. The van der Waals surface area contributed by atoms with E-state index in [9.17, 15) is 14.7 Å². The van der Waals surface area contributed by atoms with Crippen LogP contribution in [0.2, 0.25) is 0 Å². The lowest BCUT2D eigenvalue weighted by Crippen LogP contribution is -2.25. The summed E-state index contributed by atoms with van der Waals surface area (Å²) in [6.07, 6.45) is 37.3. The smallest absolute Gasteiger partial charge is 0.305 e. The van der Waals surface area contributed by atoms with Crippen LogP contribution >= 0.6 is 0 Å². The molecule has 0 aliphatic heterocycles. The van der Waals surface area contributed by atoms with E-state index in [-0.39, 0.29) is 25.2 Å². The molecular weight excluding hydrogens is 536 g/mol. The first kappa shape index (κ1) is 41.9. The molecule has 0 unspecified atom stereocenters. The molecule has 1 atom stereocenters. The Morgan fingerprint density at radius 1 is 0.395 bits per heavy atom. The molecule has 5 heteroatoms. The molecule has 0 amide bonds. The van der Waals surface area contributed by atoms with Crippen molar-refractivity contribution in [3.05, 3.63) is 0 Å². The predicted molar refractivity (Wildman–Crippen MR) is 182 cm³/mol. The molecule has 0 saturated heterocycles. The number of carbonyl (C=O) groups is 2. The van der Waals surface area contributed by atoms with E-state index in [1.54, 1.807) is 0 Å². The molecule has 0 saturated carbocycles. The average molecular weight is 611 g/mol. The Balaban J connectivity index is 3.36. The summed E-state index contributed by atoms with van der Waals surface area (Å²) in [5, 5.41) is 9.98. The zero-order chi connectivity index (χ0) is 31.5. The summed E-state index contributed by atoms with van der Waals surface area (Å²) < 4.78 is 10.3. The Morgan fingerprint density at radius 2 is 0.605 bits per heavy atom. The largest absolute Gasteiger partial charge is 0.463 e. The second-order valence-electron chi connectivity index (χ2n) is 13.1. The van der Waals surface area contributed by atoms with Crippen LogP contribution in [-0.4, -0.2) is 36.4 Å². The Hall–Kier alpha value is -1.10. The van der Waals surface area contributed by atoms with Crippen molar-refractivity contribution < 1.29 is 24.2 Å². The number of hydrogen-bond acceptors (Lipinski definition) is 5. The number of aliphatic hydroxyl groups is 1. The maximum atomic E-state index is 11.9. The molecule has 0 aliphatic carbocycles. The molecule has 0 bridgehead atoms. The van der Waals surface area contributed by atoms with Gasteiger partial charge in [0.15, 0.2) is 0 Å². The number of carbonyl (C=O) groups excluding carboxylic acids is 2. The van der Waals surface area contributed by atoms with Crippen LogP contribution in [0.25, 0.3) is 0 Å². The predicted octanol–water partition coefficient (Wildman–Crippen LogP) is 11.6. The summed E-state index contributed by atoms with van der Waals surface area (Å²) in [5.41, 5.74) is 0. The van der Waals surface area contributed by atoms with Crippen LogP contribution in [0.15, 0.2) is 0 Å². The highest BCUT2D eigenvalue weighted by Gasteiger charge is 2.12. The van der Waals surface area contributed by atoms with Gasteiger partial charge in [0.05, 0.1) is 0 Å². The van der Waals surface area contributed by atoms with E-state index in [1.165, 1.54) is 161 Å². The second kappa shape index (κ2) is 35.4. The van der Waals surface area contributed by atoms with Crippen molar-refractivity contribution in [3.63, 3.8) is 0 Å². The van der Waals surface area contributed by atoms with E-state index >= 15 is 0 Å². The minimum absolute atomic E-state index is 0.108. The molecule has 0 radical (unpaired) electrons. The third-order valence-electron chi connectivity index (χ3n) is 8.59. The highest BCUT2D eigenvalue weighted by Crippen LogP contribution is 2.15. The quantitative estimate of drug-likeness (QED) is 0.0571. The lowest BCUT2D eigenvalue weighted by molar-refractivity contribution is -0.152. The Morgan fingerprint density at radius 3 is 0.837 bits per heavy atom. The van der Waals surface area contributed by atoms with Gasteiger partial charge in [0.2, 0.25) is 0 Å². The fraction of sp³-hybridized carbons (Fsp3) is 0.947. The van der Waals surface area contributed by atoms with E-state index < -0.39 is 6.10 Å². The van der Waals surface area contributed by atoms with Crippen molar-refractivity contribution in [1.29, 1.82) is 0 Å². The van der Waals surface area contributed by atoms with E-state index in [0.717, 1.165) is 25.7 Å². The summed E-state index contributed by atoms with van der Waals surface area (Å²) in [7, 11) is 0.